The number of nitrogens with zero attached hydrogens (tertiary/aromatic N) is 5. The topological polar surface area (TPSA) is 104 Å². The Labute approximate surface area is 212 Å². The molecule has 0 spiro atoms. The van der Waals surface area contributed by atoms with E-state index in [9.17, 15) is 23.2 Å². The average molecular weight is 511 g/mol. The number of fused-ring (bicyclic) bond motifs is 1. The molecule has 1 aliphatic rings. The van der Waals surface area contributed by atoms with Crippen molar-refractivity contribution >= 4 is 17.5 Å². The zero-order chi connectivity index (χ0) is 26.6. The van der Waals surface area contributed by atoms with Gasteiger partial charge in [-0.25, -0.2) is 9.97 Å². The number of benzene rings is 1. The van der Waals surface area contributed by atoms with Gasteiger partial charge in [0.1, 0.15) is 23.9 Å². The lowest BCUT2D eigenvalue weighted by Gasteiger charge is -2.32. The summed E-state index contributed by atoms with van der Waals surface area (Å²) >= 11 is 0. The van der Waals surface area contributed by atoms with Gasteiger partial charge in [0, 0.05) is 44.6 Å². The van der Waals surface area contributed by atoms with Crippen LogP contribution in [0, 0.1) is 18.3 Å². The Morgan fingerprint density at radius 1 is 1.24 bits per heavy atom. The minimum atomic E-state index is -4.55. The number of anilines is 2. The number of pyridine rings is 1. The van der Waals surface area contributed by atoms with E-state index in [1.165, 1.54) is 25.5 Å². The van der Waals surface area contributed by atoms with Gasteiger partial charge in [0.2, 0.25) is 0 Å². The van der Waals surface area contributed by atoms with Gasteiger partial charge >= 0.3 is 12.1 Å². The van der Waals surface area contributed by atoms with Gasteiger partial charge in [0.05, 0.1) is 29.6 Å². The summed E-state index contributed by atoms with van der Waals surface area (Å²) in [4.78, 5) is 25.8. The number of alkyl halides is 3. The molecule has 8 nitrogen and oxygen atoms in total. The molecule has 0 radical (unpaired) electrons. The number of hydrogen-bond donors (Lipinski definition) is 1. The molecule has 37 heavy (non-hydrogen) atoms. The number of nitrogens with one attached hydrogen (secondary N) is 1. The second-order valence-corrected chi connectivity index (χ2v) is 8.75. The van der Waals surface area contributed by atoms with E-state index < -0.39 is 23.9 Å². The third-order valence-electron chi connectivity index (χ3n) is 6.12. The fourth-order valence-electron chi connectivity index (χ4n) is 4.27. The fourth-order valence-corrected chi connectivity index (χ4v) is 4.27. The first-order valence-electron chi connectivity index (χ1n) is 11.7. The molecule has 0 amide bonds. The van der Waals surface area contributed by atoms with Gasteiger partial charge in [-0.05, 0) is 36.2 Å². The van der Waals surface area contributed by atoms with Crippen LogP contribution in [0.4, 0.5) is 24.7 Å². The van der Waals surface area contributed by atoms with E-state index in [1.54, 1.807) is 0 Å². The monoisotopic (exact) mass is 510 g/mol. The smallest absolute Gasteiger partial charge is 0.433 e. The van der Waals surface area contributed by atoms with Gasteiger partial charge in [-0.2, -0.15) is 18.4 Å². The van der Waals surface area contributed by atoms with Gasteiger partial charge in [-0.1, -0.05) is 12.1 Å². The van der Waals surface area contributed by atoms with E-state index in [0.717, 1.165) is 28.6 Å². The van der Waals surface area contributed by atoms with Crippen molar-refractivity contribution in [2.75, 3.05) is 23.4 Å². The fraction of sp³-hybridized carbons (Fsp3) is 0.346. The predicted molar refractivity (Wildman–Crippen MR) is 130 cm³/mol. The zero-order valence-corrected chi connectivity index (χ0v) is 20.3. The molecular formula is C26H25F3N6O2. The normalized spacial score (nSPS) is 13.9. The second-order valence-electron chi connectivity index (χ2n) is 8.75. The van der Waals surface area contributed by atoms with E-state index >= 15 is 0 Å². The molecule has 2 aromatic heterocycles. The Bertz CT molecular complexity index is 1320. The number of esters is 1. The number of hydrogen-bond acceptors (Lipinski definition) is 8. The molecule has 192 valence electrons. The summed E-state index contributed by atoms with van der Waals surface area (Å²) in [5.74, 6) is 0.0683. The summed E-state index contributed by atoms with van der Waals surface area (Å²) in [6, 6.07) is 9.72. The molecule has 4 rings (SSSR count). The van der Waals surface area contributed by atoms with Crippen molar-refractivity contribution in [2.24, 2.45) is 0 Å². The van der Waals surface area contributed by atoms with Crippen molar-refractivity contribution in [2.45, 2.75) is 45.5 Å². The lowest BCUT2D eigenvalue weighted by molar-refractivity contribution is -0.142. The first-order valence-corrected chi connectivity index (χ1v) is 11.7. The van der Waals surface area contributed by atoms with E-state index in [-0.39, 0.29) is 13.0 Å². The van der Waals surface area contributed by atoms with Crippen LogP contribution in [0.3, 0.4) is 0 Å². The van der Waals surface area contributed by atoms with Crippen LogP contribution in [0.25, 0.3) is 0 Å². The number of nitriles is 1. The number of halogens is 3. The molecule has 0 aliphatic carbocycles. The minimum absolute atomic E-state index is 0.0579. The summed E-state index contributed by atoms with van der Waals surface area (Å²) in [6.07, 6.45) is -1.03. The van der Waals surface area contributed by atoms with Crippen LogP contribution in [0.2, 0.25) is 0 Å². The molecule has 3 aromatic rings. The van der Waals surface area contributed by atoms with Crippen molar-refractivity contribution in [1.82, 2.24) is 15.0 Å². The molecule has 1 N–H and O–H groups in total. The molecule has 3 heterocycles. The van der Waals surface area contributed by atoms with E-state index in [1.807, 2.05) is 25.1 Å². The van der Waals surface area contributed by atoms with Crippen LogP contribution in [-0.4, -0.2) is 34.1 Å². The van der Waals surface area contributed by atoms with E-state index in [4.69, 9.17) is 4.74 Å². The lowest BCUT2D eigenvalue weighted by atomic mass is 10.0. The van der Waals surface area contributed by atoms with Gasteiger partial charge in [0.25, 0.3) is 0 Å². The van der Waals surface area contributed by atoms with Crippen LogP contribution in [-0.2, 0) is 28.7 Å². The molecule has 1 aromatic carbocycles. The molecule has 0 saturated heterocycles. The number of aromatic nitrogens is 3. The predicted octanol–water partition coefficient (Wildman–Crippen LogP) is 4.74. The summed E-state index contributed by atoms with van der Waals surface area (Å²) in [6.45, 7) is 4.39. The molecule has 0 bridgehead atoms. The largest absolute Gasteiger partial charge is 0.466 e. The highest BCUT2D eigenvalue weighted by molar-refractivity contribution is 5.66. The summed E-state index contributed by atoms with van der Waals surface area (Å²) in [5.41, 5.74) is 3.56. The second kappa shape index (κ2) is 10.8. The summed E-state index contributed by atoms with van der Waals surface area (Å²) in [7, 11) is 0. The van der Waals surface area contributed by atoms with Crippen molar-refractivity contribution < 1.29 is 22.7 Å². The molecule has 1 atom stereocenters. The molecule has 0 saturated carbocycles. The number of carbonyl (C=O) groups excluding carboxylic acids is 1. The quantitative estimate of drug-likeness (QED) is 0.455. The highest BCUT2D eigenvalue weighted by atomic mass is 19.4. The molecule has 1 unspecified atom stereocenters. The zero-order valence-electron chi connectivity index (χ0n) is 20.3. The maximum atomic E-state index is 13.0. The summed E-state index contributed by atoms with van der Waals surface area (Å²) < 4.78 is 44.2. The standard InChI is InChI=1S/C26H25F3N6O2/c1-16-3-5-23(19(11-16)12-30)35-9-7-22-20(14-35)25(33-15-32-22)34-21(8-10-37-17(2)36)18-4-6-24(31-13-18)26(27,28)29/h3-6,11,13,15,21H,7-10,14H2,1-2H3,(H,32,33,34). The Hall–Kier alpha value is -4.20. The highest BCUT2D eigenvalue weighted by Crippen LogP contribution is 2.33. The van der Waals surface area contributed by atoms with Gasteiger partial charge < -0.3 is 15.0 Å². The maximum absolute atomic E-state index is 13.0. The van der Waals surface area contributed by atoms with Crippen molar-refractivity contribution in [3.8, 4) is 6.07 Å². The molecule has 1 aliphatic heterocycles. The van der Waals surface area contributed by atoms with Crippen LogP contribution >= 0.6 is 0 Å². The average Bonchev–Trinajstić information content (AvgIpc) is 2.87. The van der Waals surface area contributed by atoms with Crippen molar-refractivity contribution in [3.63, 3.8) is 0 Å². The number of aryl methyl sites for hydroxylation is 1. The Morgan fingerprint density at radius 3 is 2.73 bits per heavy atom. The first kappa shape index (κ1) is 25.9. The van der Waals surface area contributed by atoms with Gasteiger partial charge in [-0.3, -0.25) is 9.78 Å². The number of rotatable bonds is 7. The van der Waals surface area contributed by atoms with Crippen LogP contribution in [0.1, 0.15) is 53.0 Å². The number of ether oxygens (including phenoxy) is 1. The van der Waals surface area contributed by atoms with Crippen LogP contribution in [0.5, 0.6) is 0 Å². The molecule has 11 heteroatoms. The maximum Gasteiger partial charge on any atom is 0.433 e. The third kappa shape index (κ3) is 6.14. The van der Waals surface area contributed by atoms with Crippen LogP contribution in [0.15, 0.2) is 42.9 Å². The Balaban J connectivity index is 1.63. The lowest BCUT2D eigenvalue weighted by Crippen LogP contribution is -2.32. The van der Waals surface area contributed by atoms with E-state index in [0.29, 0.717) is 36.5 Å². The third-order valence-corrected chi connectivity index (χ3v) is 6.12. The Morgan fingerprint density at radius 2 is 2.05 bits per heavy atom. The van der Waals surface area contributed by atoms with Crippen LogP contribution < -0.4 is 10.2 Å². The number of carbonyl (C=O) groups is 1. The molecule has 0 fully saturated rings. The van der Waals surface area contributed by atoms with Crippen molar-refractivity contribution in [1.29, 1.82) is 5.26 Å². The van der Waals surface area contributed by atoms with Gasteiger partial charge in [0.15, 0.2) is 0 Å². The minimum Gasteiger partial charge on any atom is -0.466 e. The first-order chi connectivity index (χ1) is 17.7. The summed E-state index contributed by atoms with van der Waals surface area (Å²) in [5, 5.41) is 12.9. The SMILES string of the molecule is CC(=O)OCCC(Nc1ncnc2c1CN(c1ccc(C)cc1C#N)CC2)c1ccc(C(F)(F)F)nc1. The van der Waals surface area contributed by atoms with Gasteiger partial charge in [-0.15, -0.1) is 0 Å². The van der Waals surface area contributed by atoms with Crippen molar-refractivity contribution in [3.05, 3.63) is 76.5 Å². The Kier molecular flexibility index (Phi) is 7.57. The highest BCUT2D eigenvalue weighted by Gasteiger charge is 2.32. The van der Waals surface area contributed by atoms with E-state index in [2.05, 4.69) is 31.2 Å². The molecular weight excluding hydrogens is 485 g/mol.